The minimum atomic E-state index is 0.452. The molecule has 1 aromatic rings. The molecule has 1 aromatic heterocycles. The van der Waals surface area contributed by atoms with Crippen molar-refractivity contribution >= 4 is 6.08 Å². The van der Waals surface area contributed by atoms with Crippen LogP contribution in [0.2, 0.25) is 0 Å². The van der Waals surface area contributed by atoms with Gasteiger partial charge < -0.3 is 9.84 Å². The van der Waals surface area contributed by atoms with Crippen molar-refractivity contribution in [3.63, 3.8) is 0 Å². The summed E-state index contributed by atoms with van der Waals surface area (Å²) in [4.78, 5) is 3.91. The Hall–Kier alpha value is -1.42. The van der Waals surface area contributed by atoms with Gasteiger partial charge in [0.25, 0.3) is 0 Å². The summed E-state index contributed by atoms with van der Waals surface area (Å²) in [6.45, 7) is 3.17. The van der Waals surface area contributed by atoms with E-state index in [0.717, 1.165) is 13.0 Å². The summed E-state index contributed by atoms with van der Waals surface area (Å²) in [5.74, 6) is 0.622. The van der Waals surface area contributed by atoms with E-state index in [1.54, 1.807) is 0 Å². The Balaban J connectivity index is 2.03. The minimum Gasteiger partial charge on any atom is -0.342 e. The zero-order valence-electron chi connectivity index (χ0n) is 8.10. The molecule has 0 spiro atoms. The van der Waals surface area contributed by atoms with Crippen LogP contribution in [0.5, 0.6) is 0 Å². The third-order valence-corrected chi connectivity index (χ3v) is 2.17. The van der Waals surface area contributed by atoms with Gasteiger partial charge in [0.2, 0.25) is 6.39 Å². The number of nitrogens with zero attached hydrogens (tertiary/aromatic N) is 2. The topological polar surface area (TPSA) is 51.0 Å². The standard InChI is InChI=1S/C10H13N3O/c1-8-6-9(4-5-11-8)2-3-10-12-7-14-13-10/h2-3,6-8,11H,4-5H2,1H3/b3-2+/t8-/m1/s1. The van der Waals surface area contributed by atoms with E-state index in [1.165, 1.54) is 12.0 Å². The van der Waals surface area contributed by atoms with Gasteiger partial charge in [-0.2, -0.15) is 4.98 Å². The molecule has 0 bridgehead atoms. The average Bonchev–Trinajstić information content (AvgIpc) is 2.67. The Labute approximate surface area is 82.7 Å². The highest BCUT2D eigenvalue weighted by Crippen LogP contribution is 2.10. The maximum absolute atomic E-state index is 4.63. The normalized spacial score (nSPS) is 22.6. The van der Waals surface area contributed by atoms with E-state index in [-0.39, 0.29) is 0 Å². The van der Waals surface area contributed by atoms with E-state index in [2.05, 4.69) is 33.0 Å². The van der Waals surface area contributed by atoms with Crippen molar-refractivity contribution < 1.29 is 4.52 Å². The molecular formula is C10H13N3O. The molecule has 0 saturated carbocycles. The maximum atomic E-state index is 4.63. The van der Waals surface area contributed by atoms with Crippen LogP contribution in [0.4, 0.5) is 0 Å². The molecule has 1 aliphatic heterocycles. The first-order chi connectivity index (χ1) is 6.84. The fourth-order valence-electron chi connectivity index (χ4n) is 1.48. The first kappa shape index (κ1) is 9.15. The molecule has 4 nitrogen and oxygen atoms in total. The lowest BCUT2D eigenvalue weighted by molar-refractivity contribution is 0.415. The molecule has 1 atom stereocenters. The molecule has 0 fully saturated rings. The molecule has 2 heterocycles. The highest BCUT2D eigenvalue weighted by atomic mass is 16.5. The van der Waals surface area contributed by atoms with Crippen LogP contribution in [0.1, 0.15) is 19.2 Å². The van der Waals surface area contributed by atoms with Gasteiger partial charge in [0, 0.05) is 6.04 Å². The predicted molar refractivity (Wildman–Crippen MR) is 53.5 cm³/mol. The van der Waals surface area contributed by atoms with Crippen LogP contribution in [0.25, 0.3) is 6.08 Å². The molecule has 0 saturated heterocycles. The Morgan fingerprint density at radius 2 is 2.50 bits per heavy atom. The Morgan fingerprint density at radius 1 is 1.57 bits per heavy atom. The summed E-state index contributed by atoms with van der Waals surface area (Å²) in [6.07, 6.45) is 8.51. The van der Waals surface area contributed by atoms with Gasteiger partial charge in [-0.05, 0) is 31.5 Å². The maximum Gasteiger partial charge on any atom is 0.214 e. The lowest BCUT2D eigenvalue weighted by Crippen LogP contribution is -2.29. The SMILES string of the molecule is C[C@@H]1C=C(/C=C/c2ncon2)CCN1. The van der Waals surface area contributed by atoms with E-state index in [1.807, 2.05) is 12.2 Å². The Morgan fingerprint density at radius 3 is 3.21 bits per heavy atom. The minimum absolute atomic E-state index is 0.452. The van der Waals surface area contributed by atoms with Crippen LogP contribution < -0.4 is 5.32 Å². The van der Waals surface area contributed by atoms with E-state index >= 15 is 0 Å². The van der Waals surface area contributed by atoms with Gasteiger partial charge in [-0.25, -0.2) is 0 Å². The number of hydrogen-bond acceptors (Lipinski definition) is 4. The number of aromatic nitrogens is 2. The van der Waals surface area contributed by atoms with Crippen LogP contribution in [0, 0.1) is 0 Å². The summed E-state index contributed by atoms with van der Waals surface area (Å²) < 4.78 is 4.63. The second kappa shape index (κ2) is 4.19. The molecule has 1 N–H and O–H groups in total. The lowest BCUT2D eigenvalue weighted by Gasteiger charge is -2.17. The smallest absolute Gasteiger partial charge is 0.214 e. The monoisotopic (exact) mass is 191 g/mol. The first-order valence-electron chi connectivity index (χ1n) is 4.73. The number of rotatable bonds is 2. The average molecular weight is 191 g/mol. The van der Waals surface area contributed by atoms with Gasteiger partial charge in [-0.15, -0.1) is 0 Å². The van der Waals surface area contributed by atoms with Crippen molar-refractivity contribution in [3.8, 4) is 0 Å². The van der Waals surface area contributed by atoms with Gasteiger partial charge in [0.05, 0.1) is 0 Å². The van der Waals surface area contributed by atoms with E-state index in [4.69, 9.17) is 0 Å². The van der Waals surface area contributed by atoms with Crippen LogP contribution in [-0.4, -0.2) is 22.7 Å². The zero-order chi connectivity index (χ0) is 9.80. The molecule has 1 aliphatic rings. The second-order valence-corrected chi connectivity index (χ2v) is 3.36. The molecule has 0 aliphatic carbocycles. The van der Waals surface area contributed by atoms with Crippen LogP contribution in [-0.2, 0) is 0 Å². The van der Waals surface area contributed by atoms with Crippen molar-refractivity contribution in [2.24, 2.45) is 0 Å². The van der Waals surface area contributed by atoms with Gasteiger partial charge in [-0.3, -0.25) is 0 Å². The number of allylic oxidation sites excluding steroid dienone is 1. The third kappa shape index (κ3) is 2.29. The highest BCUT2D eigenvalue weighted by molar-refractivity contribution is 5.45. The highest BCUT2D eigenvalue weighted by Gasteiger charge is 2.05. The summed E-state index contributed by atoms with van der Waals surface area (Å²) >= 11 is 0. The first-order valence-corrected chi connectivity index (χ1v) is 4.73. The molecule has 74 valence electrons. The fourth-order valence-corrected chi connectivity index (χ4v) is 1.48. The van der Waals surface area contributed by atoms with E-state index in [0.29, 0.717) is 11.9 Å². The summed E-state index contributed by atoms with van der Waals surface area (Å²) in [5.41, 5.74) is 1.32. The molecule has 4 heteroatoms. The quantitative estimate of drug-likeness (QED) is 0.767. The van der Waals surface area contributed by atoms with Crippen molar-refractivity contribution in [1.82, 2.24) is 15.5 Å². The molecule has 0 amide bonds. The molecule has 0 unspecified atom stereocenters. The molecule has 0 aromatic carbocycles. The van der Waals surface area contributed by atoms with Gasteiger partial charge >= 0.3 is 0 Å². The number of hydrogen-bond donors (Lipinski definition) is 1. The summed E-state index contributed by atoms with van der Waals surface area (Å²) in [6, 6.07) is 0.452. The Bertz CT molecular complexity index is 340. The molecular weight excluding hydrogens is 178 g/mol. The summed E-state index contributed by atoms with van der Waals surface area (Å²) in [5, 5.41) is 7.05. The fraction of sp³-hybridized carbons (Fsp3) is 0.400. The van der Waals surface area contributed by atoms with E-state index in [9.17, 15) is 0 Å². The third-order valence-electron chi connectivity index (χ3n) is 2.17. The van der Waals surface area contributed by atoms with E-state index < -0.39 is 0 Å². The largest absolute Gasteiger partial charge is 0.342 e. The lowest BCUT2D eigenvalue weighted by atomic mass is 10.1. The number of nitrogens with one attached hydrogen (secondary N) is 1. The second-order valence-electron chi connectivity index (χ2n) is 3.36. The molecule has 14 heavy (non-hydrogen) atoms. The van der Waals surface area contributed by atoms with Crippen molar-refractivity contribution in [1.29, 1.82) is 0 Å². The van der Waals surface area contributed by atoms with Crippen LogP contribution in [0.15, 0.2) is 28.6 Å². The summed E-state index contributed by atoms with van der Waals surface area (Å²) in [7, 11) is 0. The van der Waals surface area contributed by atoms with Crippen molar-refractivity contribution in [2.75, 3.05) is 6.54 Å². The van der Waals surface area contributed by atoms with Crippen LogP contribution in [0.3, 0.4) is 0 Å². The van der Waals surface area contributed by atoms with Gasteiger partial charge in [0.15, 0.2) is 5.82 Å². The molecule has 0 radical (unpaired) electrons. The predicted octanol–water partition coefficient (Wildman–Crippen LogP) is 1.39. The van der Waals surface area contributed by atoms with Crippen molar-refractivity contribution in [2.45, 2.75) is 19.4 Å². The van der Waals surface area contributed by atoms with Crippen molar-refractivity contribution in [3.05, 3.63) is 29.9 Å². The zero-order valence-corrected chi connectivity index (χ0v) is 8.10. The van der Waals surface area contributed by atoms with Gasteiger partial charge in [-0.1, -0.05) is 17.3 Å². The Kier molecular flexibility index (Phi) is 2.74. The van der Waals surface area contributed by atoms with Gasteiger partial charge in [0.1, 0.15) is 0 Å². The van der Waals surface area contributed by atoms with Crippen LogP contribution >= 0.6 is 0 Å². The molecule has 2 rings (SSSR count).